The van der Waals surface area contributed by atoms with Crippen LogP contribution >= 0.6 is 12.6 Å². The molecule has 2 N–H and O–H groups in total. The maximum Gasteiger partial charge on any atom is 0.110 e. The lowest BCUT2D eigenvalue weighted by atomic mass is 9.63. The number of ether oxygens (including phenoxy) is 1. The fourth-order valence-corrected chi connectivity index (χ4v) is 6.24. The third-order valence-corrected chi connectivity index (χ3v) is 8.71. The zero-order valence-electron chi connectivity index (χ0n) is 20.8. The Morgan fingerprint density at radius 3 is 2.58 bits per heavy atom. The molecule has 3 nitrogen and oxygen atoms in total. The molecule has 4 fully saturated rings. The normalized spacial score (nSPS) is 38.6. The molecule has 1 heterocycles. The maximum absolute atomic E-state index is 9.95. The third-order valence-electron chi connectivity index (χ3n) is 8.51. The molecule has 33 heavy (non-hydrogen) atoms. The quantitative estimate of drug-likeness (QED) is 0.222. The summed E-state index contributed by atoms with van der Waals surface area (Å²) < 4.78 is 5.55. The number of allylic oxidation sites excluding steroid dienone is 6. The van der Waals surface area contributed by atoms with Gasteiger partial charge in [0.1, 0.15) is 5.60 Å². The van der Waals surface area contributed by atoms with E-state index in [0.717, 1.165) is 44.1 Å². The van der Waals surface area contributed by atoms with Crippen LogP contribution in [0.3, 0.4) is 0 Å². The van der Waals surface area contributed by atoms with Crippen molar-refractivity contribution in [2.24, 2.45) is 17.3 Å². The average molecular weight is 475 g/mol. The molecule has 0 aromatic carbocycles. The molecule has 1 aliphatic heterocycles. The molecule has 4 rings (SSSR count). The Bertz CT molecular complexity index is 731. The van der Waals surface area contributed by atoms with E-state index >= 15 is 0 Å². The second kappa shape index (κ2) is 12.8. The van der Waals surface area contributed by atoms with E-state index in [2.05, 4.69) is 62.9 Å². The first-order valence-corrected chi connectivity index (χ1v) is 13.9. The molecule has 3 saturated carbocycles. The fourth-order valence-electron chi connectivity index (χ4n) is 6.24. The summed E-state index contributed by atoms with van der Waals surface area (Å²) in [7, 11) is 0. The minimum Gasteiger partial charge on any atom is -0.396 e. The van der Waals surface area contributed by atoms with Gasteiger partial charge in [0.25, 0.3) is 0 Å². The number of epoxide rings is 1. The Morgan fingerprint density at radius 1 is 1.12 bits per heavy atom. The molecule has 4 aliphatic rings. The molecule has 0 bridgehead atoms. The van der Waals surface area contributed by atoms with Gasteiger partial charge in [0, 0.05) is 5.75 Å². The SMILES string of the molecule is CCC1(/C=C/C=C/CC2CCC3/C(=C/C=C4/CCCC(O)C4)CCCC23C)CO1.OCCS. The molecule has 0 spiro atoms. The number of hydrogen-bond acceptors (Lipinski definition) is 4. The Kier molecular flexibility index (Phi) is 10.4. The van der Waals surface area contributed by atoms with Crippen LogP contribution in [0.2, 0.25) is 0 Å². The van der Waals surface area contributed by atoms with Crippen LogP contribution in [0.25, 0.3) is 0 Å². The maximum atomic E-state index is 9.95. The van der Waals surface area contributed by atoms with Crippen molar-refractivity contribution in [2.45, 2.75) is 96.2 Å². The molecule has 0 aromatic rings. The van der Waals surface area contributed by atoms with Crippen LogP contribution in [-0.4, -0.2) is 40.9 Å². The van der Waals surface area contributed by atoms with E-state index in [1.54, 1.807) is 5.57 Å². The third kappa shape index (κ3) is 7.34. The number of rotatable bonds is 7. The predicted molar refractivity (Wildman–Crippen MR) is 142 cm³/mol. The van der Waals surface area contributed by atoms with Crippen molar-refractivity contribution in [1.82, 2.24) is 0 Å². The summed E-state index contributed by atoms with van der Waals surface area (Å²) in [5.74, 6) is 2.14. The predicted octanol–water partition coefficient (Wildman–Crippen LogP) is 6.58. The largest absolute Gasteiger partial charge is 0.396 e. The highest BCUT2D eigenvalue weighted by Gasteiger charge is 2.48. The Labute approximate surface area is 207 Å². The molecular weight excluding hydrogens is 428 g/mol. The summed E-state index contributed by atoms with van der Waals surface area (Å²) in [5.41, 5.74) is 3.67. The van der Waals surface area contributed by atoms with E-state index in [1.807, 2.05) is 0 Å². The zero-order chi connectivity index (χ0) is 23.7. The van der Waals surface area contributed by atoms with Crippen molar-refractivity contribution in [1.29, 1.82) is 0 Å². The van der Waals surface area contributed by atoms with Crippen LogP contribution in [-0.2, 0) is 4.74 Å². The van der Waals surface area contributed by atoms with Crippen LogP contribution in [0, 0.1) is 17.3 Å². The van der Waals surface area contributed by atoms with E-state index in [0.29, 0.717) is 11.2 Å². The van der Waals surface area contributed by atoms with Gasteiger partial charge in [-0.25, -0.2) is 0 Å². The second-order valence-corrected chi connectivity index (χ2v) is 11.1. The van der Waals surface area contributed by atoms with Gasteiger partial charge in [-0.1, -0.05) is 61.4 Å². The fraction of sp³-hybridized carbons (Fsp3) is 0.724. The zero-order valence-corrected chi connectivity index (χ0v) is 21.7. The first-order chi connectivity index (χ1) is 16.0. The topological polar surface area (TPSA) is 53.0 Å². The first kappa shape index (κ1) is 26.8. The van der Waals surface area contributed by atoms with Crippen LogP contribution in [0.4, 0.5) is 0 Å². The van der Waals surface area contributed by atoms with Crippen LogP contribution < -0.4 is 0 Å². The summed E-state index contributed by atoms with van der Waals surface area (Å²) >= 11 is 3.67. The second-order valence-electron chi connectivity index (χ2n) is 10.7. The Morgan fingerprint density at radius 2 is 1.91 bits per heavy atom. The highest BCUT2D eigenvalue weighted by atomic mass is 32.1. The van der Waals surface area contributed by atoms with E-state index in [-0.39, 0.29) is 18.3 Å². The van der Waals surface area contributed by atoms with Gasteiger partial charge in [0.2, 0.25) is 0 Å². The summed E-state index contributed by atoms with van der Waals surface area (Å²) in [5, 5.41) is 17.7. The van der Waals surface area contributed by atoms with Crippen molar-refractivity contribution >= 4 is 12.6 Å². The van der Waals surface area contributed by atoms with E-state index < -0.39 is 0 Å². The number of hydrogen-bond donors (Lipinski definition) is 3. The average Bonchev–Trinajstić information content (AvgIpc) is 3.53. The van der Waals surface area contributed by atoms with Crippen molar-refractivity contribution in [3.63, 3.8) is 0 Å². The highest BCUT2D eigenvalue weighted by molar-refractivity contribution is 7.80. The summed E-state index contributed by atoms with van der Waals surface area (Å²) in [4.78, 5) is 0. The number of fused-ring (bicyclic) bond motifs is 1. The van der Waals surface area contributed by atoms with Gasteiger partial charge in [0.05, 0.1) is 19.3 Å². The van der Waals surface area contributed by atoms with E-state index in [1.165, 1.54) is 50.5 Å². The minimum atomic E-state index is -0.111. The van der Waals surface area contributed by atoms with Gasteiger partial charge in [-0.2, -0.15) is 12.6 Å². The van der Waals surface area contributed by atoms with Gasteiger partial charge < -0.3 is 14.9 Å². The number of aliphatic hydroxyl groups excluding tert-OH is 2. The molecular formula is C29H46O3S. The van der Waals surface area contributed by atoms with Crippen molar-refractivity contribution < 1.29 is 14.9 Å². The molecule has 1 saturated heterocycles. The summed E-state index contributed by atoms with van der Waals surface area (Å²) in [6.45, 7) is 5.83. The van der Waals surface area contributed by atoms with Crippen LogP contribution in [0.1, 0.15) is 84.5 Å². The van der Waals surface area contributed by atoms with Gasteiger partial charge in [-0.05, 0) is 87.9 Å². The lowest BCUT2D eigenvalue weighted by Crippen LogP contribution is -2.33. The molecule has 186 valence electrons. The highest BCUT2D eigenvalue weighted by Crippen LogP contribution is 2.58. The number of aliphatic hydroxyl groups is 2. The van der Waals surface area contributed by atoms with Gasteiger partial charge in [-0.3, -0.25) is 0 Å². The van der Waals surface area contributed by atoms with Crippen LogP contribution in [0.5, 0.6) is 0 Å². The molecule has 0 aromatic heterocycles. The lowest BCUT2D eigenvalue weighted by molar-refractivity contribution is 0.137. The van der Waals surface area contributed by atoms with Crippen LogP contribution in [0.15, 0.2) is 47.6 Å². The van der Waals surface area contributed by atoms with Gasteiger partial charge in [-0.15, -0.1) is 0 Å². The summed E-state index contributed by atoms with van der Waals surface area (Å²) in [6, 6.07) is 0. The monoisotopic (exact) mass is 474 g/mol. The molecule has 0 radical (unpaired) electrons. The van der Waals surface area contributed by atoms with Gasteiger partial charge in [0.15, 0.2) is 0 Å². The minimum absolute atomic E-state index is 0.0563. The van der Waals surface area contributed by atoms with Gasteiger partial charge >= 0.3 is 0 Å². The molecule has 4 heteroatoms. The molecule has 5 unspecified atom stereocenters. The standard InChI is InChI=1S/C27H40O2.C2H6OS/c1-3-27(20-29-27)18-6-4-5-11-23-15-16-25-22(10-8-17-26(23,25)2)14-13-21-9-7-12-24(28)19-21;3-1-2-4/h4-6,13-14,18,23-25,28H,3,7-12,15-17,19-20H2,1-2H3;3-4H,1-2H2/b5-4+,18-6+,21-13-,22-14+;. The molecule has 5 atom stereocenters. The van der Waals surface area contributed by atoms with E-state index in [4.69, 9.17) is 9.84 Å². The molecule has 3 aliphatic carbocycles. The lowest BCUT2D eigenvalue weighted by Gasteiger charge is -2.42. The van der Waals surface area contributed by atoms with Crippen molar-refractivity contribution in [3.05, 3.63) is 47.6 Å². The Hall–Kier alpha value is -0.810. The smallest absolute Gasteiger partial charge is 0.110 e. The number of thiol groups is 1. The first-order valence-electron chi connectivity index (χ1n) is 13.2. The van der Waals surface area contributed by atoms with Crippen molar-refractivity contribution in [3.8, 4) is 0 Å². The molecule has 0 amide bonds. The van der Waals surface area contributed by atoms with Crippen molar-refractivity contribution in [2.75, 3.05) is 19.0 Å². The van der Waals surface area contributed by atoms with E-state index in [9.17, 15) is 5.11 Å². The Balaban J connectivity index is 0.000000709. The summed E-state index contributed by atoms with van der Waals surface area (Å²) in [6.07, 6.45) is 27.0.